The third-order valence-corrected chi connectivity index (χ3v) is 17.4. The number of carbonyl (C=O) groups is 5. The van der Waals surface area contributed by atoms with Crippen LogP contribution >= 0.6 is 38.9 Å². The van der Waals surface area contributed by atoms with Gasteiger partial charge in [-0.05, 0) is 77.0 Å². The van der Waals surface area contributed by atoms with Gasteiger partial charge in [0.1, 0.15) is 37.2 Å². The second kappa shape index (κ2) is 27.8. The summed E-state index contributed by atoms with van der Waals surface area (Å²) in [6.07, 6.45) is 2.42. The Kier molecular flexibility index (Phi) is 21.2. The van der Waals surface area contributed by atoms with Crippen LogP contribution in [0.15, 0.2) is 65.1 Å². The second-order valence-corrected chi connectivity index (χ2v) is 22.3. The lowest BCUT2D eigenvalue weighted by Crippen LogP contribution is -2.67. The number of benzene rings is 3. The van der Waals surface area contributed by atoms with E-state index < -0.39 is 42.3 Å². The number of amides is 1. The molecule has 0 spiro atoms. The highest BCUT2D eigenvalue weighted by atomic mass is 127. The Balaban J connectivity index is 0.884. The minimum atomic E-state index is -1.07. The van der Waals surface area contributed by atoms with E-state index in [9.17, 15) is 34.2 Å². The van der Waals surface area contributed by atoms with Crippen LogP contribution in [0.1, 0.15) is 55.2 Å². The van der Waals surface area contributed by atoms with Gasteiger partial charge in [-0.3, -0.25) is 34.0 Å². The molecule has 3 aromatic rings. The summed E-state index contributed by atoms with van der Waals surface area (Å²) in [6, 6.07) is 19.2. The van der Waals surface area contributed by atoms with Gasteiger partial charge in [0.15, 0.2) is 42.4 Å². The molecule has 0 saturated carbocycles. The molecule has 8 rings (SSSR count). The van der Waals surface area contributed by atoms with E-state index in [0.717, 1.165) is 51.7 Å². The van der Waals surface area contributed by atoms with Crippen LogP contribution in [0.25, 0.3) is 11.1 Å². The first kappa shape index (κ1) is 59.6. The molecule has 2 bridgehead atoms. The maximum atomic E-state index is 14.1. The average molecular weight is 1260 g/mol. The molecule has 5 heterocycles. The molecule has 1 amide bonds. The number of rotatable bonds is 22. The van der Waals surface area contributed by atoms with Crippen molar-refractivity contribution in [2.24, 2.45) is 0 Å². The standard InChI is InChI=1S/C55H75BrIN8O13/c1-40-42(13-9-14-44(40)41-11-5-4-6-12-41)39-76-49-34-48(43(33-45(49)56)35-62-19-8-7-15-46(62)54(70)71)75-32-10-18-58-22-24-61(25-23-58)50(66)17-16-47-55(72)78-63-64(38-53(69)74-3)28-26-59(37-52(68)77-57)20-21-60(36-51(67)73-2)27-29-65(47,63)31-30-64/h4-6,9,11-14,33-34,46-47,51,67H,7-8,10,15-32,35-39H2,1-3H3/q+1/p+1/t46-,47?,51?,64?,65?/m0/s1. The number of carboxylic acid groups (broad SMARTS) is 1. The van der Waals surface area contributed by atoms with Crippen LogP contribution in [0.2, 0.25) is 0 Å². The Morgan fingerprint density at radius 2 is 1.59 bits per heavy atom. The molecule has 0 aliphatic carbocycles. The highest BCUT2D eigenvalue weighted by molar-refractivity contribution is 14.1. The highest BCUT2D eigenvalue weighted by Gasteiger charge is 2.71. The summed E-state index contributed by atoms with van der Waals surface area (Å²) in [6.45, 7) is 10.6. The van der Waals surface area contributed by atoms with Crippen LogP contribution in [0.4, 0.5) is 0 Å². The Morgan fingerprint density at radius 1 is 0.833 bits per heavy atom. The number of methoxy groups -OCH3 is 2. The van der Waals surface area contributed by atoms with Crippen molar-refractivity contribution in [2.75, 3.05) is 132 Å². The number of quaternary nitrogens is 2. The second-order valence-electron chi connectivity index (χ2n) is 21.0. The summed E-state index contributed by atoms with van der Waals surface area (Å²) in [4.78, 5) is 82.4. The molecule has 5 atom stereocenters. The summed E-state index contributed by atoms with van der Waals surface area (Å²) in [5, 5.41) is 22.3. The number of nitrogens with zero attached hydrogens (tertiary/aromatic N) is 8. The molecule has 5 aliphatic heterocycles. The summed E-state index contributed by atoms with van der Waals surface area (Å²) in [5.41, 5.74) is 5.37. The van der Waals surface area contributed by atoms with E-state index in [2.05, 4.69) is 52.0 Å². The molecule has 78 heavy (non-hydrogen) atoms. The number of ether oxygens (including phenoxy) is 4. The van der Waals surface area contributed by atoms with Crippen LogP contribution in [0.5, 0.6) is 11.5 Å². The molecule has 3 aromatic carbocycles. The lowest BCUT2D eigenvalue weighted by Gasteiger charge is -2.39. The van der Waals surface area contributed by atoms with Crippen LogP contribution in [-0.2, 0) is 54.5 Å². The van der Waals surface area contributed by atoms with E-state index in [1.807, 2.05) is 56.0 Å². The third kappa shape index (κ3) is 14.5. The predicted molar refractivity (Wildman–Crippen MR) is 298 cm³/mol. The van der Waals surface area contributed by atoms with Crippen molar-refractivity contribution in [3.8, 4) is 22.6 Å². The van der Waals surface area contributed by atoms with Gasteiger partial charge in [-0.25, -0.2) is 14.4 Å². The Hall–Kier alpha value is -4.54. The van der Waals surface area contributed by atoms with Gasteiger partial charge >= 0.3 is 23.9 Å². The average Bonchev–Trinajstić information content (AvgIpc) is 4.12. The van der Waals surface area contributed by atoms with Crippen molar-refractivity contribution in [1.29, 1.82) is 0 Å². The molecule has 4 unspecified atom stereocenters. The topological polar surface area (TPSA) is 201 Å². The number of hydrogen-bond acceptors (Lipinski definition) is 17. The number of esters is 1. The molecule has 23 heteroatoms. The summed E-state index contributed by atoms with van der Waals surface area (Å²) < 4.78 is 29.2. The fraction of sp³-hybridized carbons (Fsp3) is 0.582. The maximum absolute atomic E-state index is 14.1. The zero-order valence-electron chi connectivity index (χ0n) is 45.1. The fourth-order valence-electron chi connectivity index (χ4n) is 11.8. The summed E-state index contributed by atoms with van der Waals surface area (Å²) in [5.74, 6) is -0.947. The Morgan fingerprint density at radius 3 is 2.33 bits per heavy atom. The van der Waals surface area contributed by atoms with Gasteiger partial charge in [-0.15, -0.1) is 9.18 Å². The van der Waals surface area contributed by atoms with Crippen molar-refractivity contribution < 1.29 is 70.2 Å². The first-order valence-corrected chi connectivity index (χ1v) is 28.8. The van der Waals surface area contributed by atoms with Crippen LogP contribution in [0.3, 0.4) is 0 Å². The van der Waals surface area contributed by atoms with Gasteiger partial charge in [0.05, 0.1) is 37.8 Å². The number of aliphatic hydroxyl groups is 1. The first-order chi connectivity index (χ1) is 37.6. The number of piperidine rings is 1. The van der Waals surface area contributed by atoms with Gasteiger partial charge in [-0.1, -0.05) is 55.0 Å². The lowest BCUT2D eigenvalue weighted by atomic mass is 9.97. The molecular formula is C55H76BrIN8O13+2. The SMILES string of the molecule is COC(=O)C[N+]12CCN(CC(=O)OI)CCN(CC(O)OC)CC[N+]3(CC1)C(CCC(=O)N1CCN(CCCOc4cc(OCc5cccc(-c6ccccc6)c5C)c(Br)cc4CN4CCCC[C@H]4C(=O)O)CC1)C(=O)ON23. The van der Waals surface area contributed by atoms with E-state index in [4.69, 9.17) is 26.9 Å². The summed E-state index contributed by atoms with van der Waals surface area (Å²) in [7, 11) is 2.75. The number of aliphatic hydroxyl groups excluding tert-OH is 1. The Labute approximate surface area is 479 Å². The molecule has 0 aromatic heterocycles. The van der Waals surface area contributed by atoms with E-state index in [-0.39, 0.29) is 47.6 Å². The maximum Gasteiger partial charge on any atom is 0.395 e. The van der Waals surface area contributed by atoms with Crippen LogP contribution in [0, 0.1) is 6.92 Å². The number of halogens is 2. The van der Waals surface area contributed by atoms with E-state index in [1.165, 1.54) is 14.2 Å². The number of likely N-dealkylation sites (tertiary alicyclic amines) is 1. The molecule has 426 valence electrons. The van der Waals surface area contributed by atoms with E-state index in [1.54, 1.807) is 28.3 Å². The van der Waals surface area contributed by atoms with Gasteiger partial charge in [0.2, 0.25) is 23.8 Å². The molecule has 2 N–H and O–H groups in total. The smallest absolute Gasteiger partial charge is 0.395 e. The molecule has 5 aliphatic rings. The zero-order valence-corrected chi connectivity index (χ0v) is 48.9. The van der Waals surface area contributed by atoms with Crippen molar-refractivity contribution in [2.45, 2.75) is 77.0 Å². The summed E-state index contributed by atoms with van der Waals surface area (Å²) >= 11 is 5.33. The molecule has 5 saturated heterocycles. The van der Waals surface area contributed by atoms with Crippen molar-refractivity contribution in [3.05, 3.63) is 81.8 Å². The number of carboxylic acids is 1. The minimum absolute atomic E-state index is 0.00493. The van der Waals surface area contributed by atoms with Crippen LogP contribution in [-0.4, -0.2) is 229 Å². The molecule has 0 radical (unpaired) electrons. The fourth-order valence-corrected chi connectivity index (χ4v) is 12.4. The van der Waals surface area contributed by atoms with Crippen molar-refractivity contribution in [1.82, 2.24) is 29.8 Å². The van der Waals surface area contributed by atoms with E-state index in [0.29, 0.717) is 129 Å². The zero-order chi connectivity index (χ0) is 55.4. The largest absolute Gasteiger partial charge is 0.493 e. The quantitative estimate of drug-likeness (QED) is 0.0471. The van der Waals surface area contributed by atoms with E-state index >= 15 is 0 Å². The van der Waals surface area contributed by atoms with Crippen molar-refractivity contribution in [3.63, 3.8) is 0 Å². The van der Waals surface area contributed by atoms with Gasteiger partial charge in [0.25, 0.3) is 0 Å². The molecule has 21 nitrogen and oxygen atoms in total. The number of aliphatic carboxylic acids is 1. The number of β-amino-alcohol motifs (C(OH)–C–C–N with tert-alkyl or cyclic N) is 1. The molecular weight excluding hydrogens is 1190 g/mol. The first-order valence-electron chi connectivity index (χ1n) is 27.1. The normalized spacial score (nSPS) is 24.2. The third-order valence-electron chi connectivity index (χ3n) is 16.3. The Bertz CT molecular complexity index is 2570. The number of hydrogen-bond donors (Lipinski definition) is 2. The van der Waals surface area contributed by atoms with Gasteiger partial charge in [0, 0.05) is 90.5 Å². The predicted octanol–water partition coefficient (Wildman–Crippen LogP) is 4.40. The number of carbonyl (C=O) groups excluding carboxylic acids is 4. The minimum Gasteiger partial charge on any atom is -0.493 e. The van der Waals surface area contributed by atoms with Gasteiger partial charge in [-0.2, -0.15) is 0 Å². The molecule has 5 fully saturated rings. The van der Waals surface area contributed by atoms with Crippen LogP contribution < -0.4 is 9.47 Å². The van der Waals surface area contributed by atoms with Crippen molar-refractivity contribution >= 4 is 68.7 Å². The monoisotopic (exact) mass is 1260 g/mol. The number of piperazine rings is 1. The lowest BCUT2D eigenvalue weighted by molar-refractivity contribution is -1.23. The van der Waals surface area contributed by atoms with Gasteiger partial charge < -0.3 is 37.1 Å². The highest BCUT2D eigenvalue weighted by Crippen LogP contribution is 2.41.